The van der Waals surface area contributed by atoms with Crippen molar-refractivity contribution in [1.29, 1.82) is 0 Å². The molecule has 0 aromatic heterocycles. The predicted octanol–water partition coefficient (Wildman–Crippen LogP) is 2.46. The number of aryl methyl sites for hydroxylation is 1. The third kappa shape index (κ3) is 6.57. The minimum Gasteiger partial charge on any atom is -0.482 e. The summed E-state index contributed by atoms with van der Waals surface area (Å²) in [6.45, 7) is 0.883. The SMILES string of the molecule is Cc1cc(Cl)ccc1OCC(=O)OCC(=O)NC(=O)Cc1ccccc1. The quantitative estimate of drug-likeness (QED) is 0.752. The molecule has 0 radical (unpaired) electrons. The third-order valence-corrected chi connectivity index (χ3v) is 3.57. The van der Waals surface area contributed by atoms with Gasteiger partial charge in [-0.05, 0) is 36.2 Å². The number of benzene rings is 2. The van der Waals surface area contributed by atoms with E-state index in [0.29, 0.717) is 10.8 Å². The Bertz CT molecular complexity index is 792. The van der Waals surface area contributed by atoms with Gasteiger partial charge in [0.2, 0.25) is 5.91 Å². The van der Waals surface area contributed by atoms with E-state index in [9.17, 15) is 14.4 Å². The second-order valence-corrected chi connectivity index (χ2v) is 5.93. The van der Waals surface area contributed by atoms with E-state index in [1.54, 1.807) is 49.4 Å². The molecule has 0 saturated carbocycles. The number of carbonyl (C=O) groups excluding carboxylic acids is 3. The Hall–Kier alpha value is -2.86. The monoisotopic (exact) mass is 375 g/mol. The fourth-order valence-corrected chi connectivity index (χ4v) is 2.34. The number of halogens is 1. The summed E-state index contributed by atoms with van der Waals surface area (Å²) in [5.41, 5.74) is 1.55. The van der Waals surface area contributed by atoms with Crippen LogP contribution in [-0.4, -0.2) is 31.0 Å². The summed E-state index contributed by atoms with van der Waals surface area (Å²) >= 11 is 5.84. The molecule has 6 nitrogen and oxygen atoms in total. The summed E-state index contributed by atoms with van der Waals surface area (Å²) in [7, 11) is 0. The highest BCUT2D eigenvalue weighted by Crippen LogP contribution is 2.21. The van der Waals surface area contributed by atoms with Gasteiger partial charge in [0.05, 0.1) is 6.42 Å². The molecule has 7 heteroatoms. The van der Waals surface area contributed by atoms with E-state index in [4.69, 9.17) is 21.1 Å². The van der Waals surface area contributed by atoms with E-state index in [-0.39, 0.29) is 13.0 Å². The maximum absolute atomic E-state index is 11.7. The standard InChI is InChI=1S/C19H18ClNO5/c1-13-9-15(20)7-8-16(13)25-12-19(24)26-11-18(23)21-17(22)10-14-5-3-2-4-6-14/h2-9H,10-12H2,1H3,(H,21,22,23). The molecule has 0 unspecified atom stereocenters. The van der Waals surface area contributed by atoms with Crippen LogP contribution in [0.2, 0.25) is 5.02 Å². The summed E-state index contributed by atoms with van der Waals surface area (Å²) in [5, 5.41) is 2.73. The molecule has 0 aliphatic heterocycles. The third-order valence-electron chi connectivity index (χ3n) is 3.33. The van der Waals surface area contributed by atoms with Gasteiger partial charge in [-0.15, -0.1) is 0 Å². The fraction of sp³-hybridized carbons (Fsp3) is 0.211. The van der Waals surface area contributed by atoms with Gasteiger partial charge in [-0.3, -0.25) is 14.9 Å². The Kier molecular flexibility index (Phi) is 7.17. The lowest BCUT2D eigenvalue weighted by molar-refractivity contribution is -0.151. The minimum absolute atomic E-state index is 0.0689. The van der Waals surface area contributed by atoms with Crippen molar-refractivity contribution in [1.82, 2.24) is 5.32 Å². The highest BCUT2D eigenvalue weighted by atomic mass is 35.5. The molecule has 2 rings (SSSR count). The zero-order valence-electron chi connectivity index (χ0n) is 14.2. The average Bonchev–Trinajstić information content (AvgIpc) is 2.60. The molecule has 0 spiro atoms. The van der Waals surface area contributed by atoms with Gasteiger partial charge in [0.25, 0.3) is 5.91 Å². The Morgan fingerprint density at radius 1 is 1.00 bits per heavy atom. The molecule has 0 bridgehead atoms. The summed E-state index contributed by atoms with van der Waals surface area (Å²) in [5.74, 6) is -1.38. The van der Waals surface area contributed by atoms with Crippen molar-refractivity contribution in [2.24, 2.45) is 0 Å². The van der Waals surface area contributed by atoms with E-state index < -0.39 is 24.4 Å². The molecule has 2 amide bonds. The van der Waals surface area contributed by atoms with Crippen LogP contribution in [0.5, 0.6) is 5.75 Å². The van der Waals surface area contributed by atoms with Crippen molar-refractivity contribution < 1.29 is 23.9 Å². The maximum atomic E-state index is 11.7. The number of esters is 1. The van der Waals surface area contributed by atoms with Crippen LogP contribution in [0.4, 0.5) is 0 Å². The molecule has 0 aliphatic rings. The molecule has 2 aromatic carbocycles. The van der Waals surface area contributed by atoms with Gasteiger partial charge in [-0.25, -0.2) is 4.79 Å². The Morgan fingerprint density at radius 2 is 1.73 bits per heavy atom. The number of hydrogen-bond acceptors (Lipinski definition) is 5. The van der Waals surface area contributed by atoms with Crippen molar-refractivity contribution in [3.8, 4) is 5.75 Å². The number of hydrogen-bond donors (Lipinski definition) is 1. The normalized spacial score (nSPS) is 10.1. The molecule has 0 saturated heterocycles. The van der Waals surface area contributed by atoms with Gasteiger partial charge >= 0.3 is 5.97 Å². The topological polar surface area (TPSA) is 81.7 Å². The van der Waals surface area contributed by atoms with E-state index in [1.165, 1.54) is 0 Å². The molecule has 0 aliphatic carbocycles. The van der Waals surface area contributed by atoms with E-state index in [1.807, 2.05) is 6.07 Å². The first-order valence-corrected chi connectivity index (χ1v) is 8.23. The fourth-order valence-electron chi connectivity index (χ4n) is 2.12. The van der Waals surface area contributed by atoms with Crippen LogP contribution in [-0.2, 0) is 25.5 Å². The van der Waals surface area contributed by atoms with Crippen molar-refractivity contribution in [3.63, 3.8) is 0 Å². The second kappa shape index (κ2) is 9.58. The maximum Gasteiger partial charge on any atom is 0.344 e. The first kappa shape index (κ1) is 19.5. The van der Waals surface area contributed by atoms with Crippen LogP contribution in [0.3, 0.4) is 0 Å². The predicted molar refractivity (Wildman–Crippen MR) is 95.9 cm³/mol. The van der Waals surface area contributed by atoms with Crippen LogP contribution in [0.15, 0.2) is 48.5 Å². The highest BCUT2D eigenvalue weighted by Gasteiger charge is 2.12. The number of carbonyl (C=O) groups is 3. The van der Waals surface area contributed by atoms with Crippen LogP contribution in [0, 0.1) is 6.92 Å². The average molecular weight is 376 g/mol. The molecule has 0 heterocycles. The van der Waals surface area contributed by atoms with Gasteiger partial charge in [0.1, 0.15) is 5.75 Å². The number of amides is 2. The van der Waals surface area contributed by atoms with Crippen LogP contribution >= 0.6 is 11.6 Å². The largest absolute Gasteiger partial charge is 0.482 e. The molecule has 2 aromatic rings. The first-order valence-electron chi connectivity index (χ1n) is 7.85. The van der Waals surface area contributed by atoms with Crippen molar-refractivity contribution in [2.75, 3.05) is 13.2 Å². The number of nitrogens with one attached hydrogen (secondary N) is 1. The number of rotatable bonds is 7. The zero-order chi connectivity index (χ0) is 18.9. The molecule has 136 valence electrons. The van der Waals surface area contributed by atoms with Gasteiger partial charge in [-0.2, -0.15) is 0 Å². The molecular weight excluding hydrogens is 358 g/mol. The molecule has 1 N–H and O–H groups in total. The lowest BCUT2D eigenvalue weighted by atomic mass is 10.1. The van der Waals surface area contributed by atoms with Crippen molar-refractivity contribution >= 4 is 29.4 Å². The summed E-state index contributed by atoms with van der Waals surface area (Å²) < 4.78 is 10.1. The molecular formula is C19H18ClNO5. The summed E-state index contributed by atoms with van der Waals surface area (Å²) in [4.78, 5) is 35.0. The number of ether oxygens (including phenoxy) is 2. The molecule has 0 atom stereocenters. The summed E-state index contributed by atoms with van der Waals surface area (Å²) in [6.07, 6.45) is 0.0689. The lowest BCUT2D eigenvalue weighted by Gasteiger charge is -2.09. The minimum atomic E-state index is -0.718. The lowest BCUT2D eigenvalue weighted by Crippen LogP contribution is -2.35. The second-order valence-electron chi connectivity index (χ2n) is 5.49. The van der Waals surface area contributed by atoms with Crippen LogP contribution < -0.4 is 10.1 Å². The molecule has 26 heavy (non-hydrogen) atoms. The Balaban J connectivity index is 1.69. The first-order chi connectivity index (χ1) is 12.4. The van der Waals surface area contributed by atoms with Gasteiger partial charge in [0, 0.05) is 5.02 Å². The molecule has 0 fully saturated rings. The van der Waals surface area contributed by atoms with E-state index >= 15 is 0 Å². The van der Waals surface area contributed by atoms with Gasteiger partial charge in [-0.1, -0.05) is 41.9 Å². The Morgan fingerprint density at radius 3 is 2.42 bits per heavy atom. The van der Waals surface area contributed by atoms with Gasteiger partial charge < -0.3 is 9.47 Å². The number of imide groups is 1. The highest BCUT2D eigenvalue weighted by molar-refractivity contribution is 6.30. The summed E-state index contributed by atoms with van der Waals surface area (Å²) in [6, 6.07) is 14.0. The van der Waals surface area contributed by atoms with Crippen LogP contribution in [0.1, 0.15) is 11.1 Å². The smallest absolute Gasteiger partial charge is 0.344 e. The van der Waals surface area contributed by atoms with E-state index in [0.717, 1.165) is 11.1 Å². The van der Waals surface area contributed by atoms with Crippen molar-refractivity contribution in [3.05, 3.63) is 64.7 Å². The zero-order valence-corrected chi connectivity index (χ0v) is 14.9. The van der Waals surface area contributed by atoms with Crippen LogP contribution in [0.25, 0.3) is 0 Å². The van der Waals surface area contributed by atoms with Gasteiger partial charge in [0.15, 0.2) is 13.2 Å². The Labute approximate surface area is 156 Å². The van der Waals surface area contributed by atoms with Crippen molar-refractivity contribution in [2.45, 2.75) is 13.3 Å². The van der Waals surface area contributed by atoms with E-state index in [2.05, 4.69) is 5.32 Å².